The van der Waals surface area contributed by atoms with Crippen molar-refractivity contribution < 1.29 is 8.42 Å². The van der Waals surface area contributed by atoms with Crippen LogP contribution in [0.15, 0.2) is 4.99 Å². The van der Waals surface area contributed by atoms with E-state index in [2.05, 4.69) is 4.99 Å². The van der Waals surface area contributed by atoms with Crippen LogP contribution in [0.1, 0.15) is 13.8 Å². The number of aliphatic imine (C=N–C) groups is 1. The molecule has 0 aliphatic rings. The lowest BCUT2D eigenvalue weighted by Crippen LogP contribution is -2.23. The van der Waals surface area contributed by atoms with Crippen molar-refractivity contribution >= 4 is 15.7 Å². The molecule has 0 rings (SSSR count). The summed E-state index contributed by atoms with van der Waals surface area (Å²) in [5, 5.41) is 0. The van der Waals surface area contributed by atoms with Gasteiger partial charge in [-0.2, -0.15) is 0 Å². The average Bonchev–Trinajstić information content (AvgIpc) is 1.79. The largest absolute Gasteiger partial charge is 0.387 e. The van der Waals surface area contributed by atoms with E-state index in [9.17, 15) is 8.42 Å². The van der Waals surface area contributed by atoms with Crippen molar-refractivity contribution in [2.75, 3.05) is 18.6 Å². The Morgan fingerprint density at radius 3 is 2.33 bits per heavy atom. The fourth-order valence-electron chi connectivity index (χ4n) is 0.614. The van der Waals surface area contributed by atoms with Crippen LogP contribution in [0, 0.1) is 5.92 Å². The normalized spacial score (nSPS) is 13.8. The van der Waals surface area contributed by atoms with Gasteiger partial charge in [-0.15, -0.1) is 0 Å². The minimum Gasteiger partial charge on any atom is -0.387 e. The molecular weight excluding hydrogens is 176 g/mol. The molecule has 12 heavy (non-hydrogen) atoms. The monoisotopic (exact) mass is 192 g/mol. The van der Waals surface area contributed by atoms with E-state index < -0.39 is 9.84 Å². The van der Waals surface area contributed by atoms with Crippen LogP contribution in [0.25, 0.3) is 0 Å². The quantitative estimate of drug-likeness (QED) is 0.505. The third-order valence-corrected chi connectivity index (χ3v) is 1.89. The highest BCUT2D eigenvalue weighted by atomic mass is 32.2. The molecule has 0 saturated heterocycles. The smallest absolute Gasteiger partial charge is 0.154 e. The summed E-state index contributed by atoms with van der Waals surface area (Å²) < 4.78 is 21.5. The molecule has 2 N–H and O–H groups in total. The van der Waals surface area contributed by atoms with Crippen molar-refractivity contribution in [3.05, 3.63) is 0 Å². The van der Waals surface area contributed by atoms with Crippen LogP contribution in [0.2, 0.25) is 0 Å². The molecule has 0 unspecified atom stereocenters. The van der Waals surface area contributed by atoms with Crippen LogP contribution in [0.3, 0.4) is 0 Å². The number of rotatable bonds is 4. The molecule has 72 valence electrons. The first kappa shape index (κ1) is 11.4. The molecule has 0 aliphatic heterocycles. The van der Waals surface area contributed by atoms with E-state index in [1.54, 1.807) is 0 Å². The lowest BCUT2D eigenvalue weighted by atomic mass is 10.2. The first-order valence-corrected chi connectivity index (χ1v) is 5.84. The lowest BCUT2D eigenvalue weighted by Gasteiger charge is -2.01. The van der Waals surface area contributed by atoms with Gasteiger partial charge in [0.05, 0.1) is 0 Å². The Morgan fingerprint density at radius 1 is 1.50 bits per heavy atom. The fraction of sp³-hybridized carbons (Fsp3) is 0.857. The van der Waals surface area contributed by atoms with E-state index in [-0.39, 0.29) is 11.6 Å². The number of amidine groups is 1. The minimum atomic E-state index is -3.03. The summed E-state index contributed by atoms with van der Waals surface area (Å²) in [7, 11) is -3.03. The molecule has 0 radical (unpaired) electrons. The first-order valence-electron chi connectivity index (χ1n) is 3.78. The maximum absolute atomic E-state index is 10.7. The zero-order valence-electron chi connectivity index (χ0n) is 7.74. The Kier molecular flexibility index (Phi) is 4.23. The Hall–Kier alpha value is -0.580. The molecule has 0 aromatic heterocycles. The predicted octanol–water partition coefficient (Wildman–Crippen LogP) is 0.0442. The zero-order valence-corrected chi connectivity index (χ0v) is 8.56. The Balaban J connectivity index is 4.04. The van der Waals surface area contributed by atoms with Crippen LogP contribution >= 0.6 is 0 Å². The number of nitrogens with zero attached hydrogens (tertiary/aromatic N) is 1. The Morgan fingerprint density at radius 2 is 2.00 bits per heavy atom. The highest BCUT2D eigenvalue weighted by molar-refractivity contribution is 7.91. The molecule has 0 atom stereocenters. The predicted molar refractivity (Wildman–Crippen MR) is 51.0 cm³/mol. The molecule has 0 amide bonds. The maximum atomic E-state index is 10.7. The SMILES string of the molecule is CC(C)CN=C(N)CS(C)(=O)=O. The summed E-state index contributed by atoms with van der Waals surface area (Å²) in [6.45, 7) is 4.58. The standard InChI is InChI=1S/C7H16N2O2S/c1-6(2)4-9-7(8)5-12(3,10)11/h6H,4-5H2,1-3H3,(H2,8,9). The van der Waals surface area contributed by atoms with E-state index >= 15 is 0 Å². The highest BCUT2D eigenvalue weighted by Crippen LogP contribution is 1.92. The summed E-state index contributed by atoms with van der Waals surface area (Å²) in [6, 6.07) is 0. The van der Waals surface area contributed by atoms with Crippen molar-refractivity contribution in [1.29, 1.82) is 0 Å². The zero-order chi connectivity index (χ0) is 9.78. The van der Waals surface area contributed by atoms with E-state index in [1.807, 2.05) is 13.8 Å². The summed E-state index contributed by atoms with van der Waals surface area (Å²) in [5.74, 6) is 0.467. The molecule has 4 nitrogen and oxygen atoms in total. The third kappa shape index (κ3) is 7.53. The topological polar surface area (TPSA) is 72.5 Å². The van der Waals surface area contributed by atoms with Gasteiger partial charge in [0.1, 0.15) is 11.6 Å². The van der Waals surface area contributed by atoms with Gasteiger partial charge in [-0.3, -0.25) is 4.99 Å². The molecule has 0 aromatic rings. The molecule has 5 heteroatoms. The third-order valence-electron chi connectivity index (χ3n) is 1.07. The van der Waals surface area contributed by atoms with E-state index in [0.717, 1.165) is 6.26 Å². The number of hydrogen-bond acceptors (Lipinski definition) is 3. The van der Waals surface area contributed by atoms with Gasteiger partial charge >= 0.3 is 0 Å². The van der Waals surface area contributed by atoms with Crippen molar-refractivity contribution in [3.8, 4) is 0 Å². The molecule has 0 spiro atoms. The van der Waals surface area contributed by atoms with Gasteiger partial charge in [0, 0.05) is 12.8 Å². The van der Waals surface area contributed by atoms with E-state index in [0.29, 0.717) is 12.5 Å². The van der Waals surface area contributed by atoms with Crippen molar-refractivity contribution in [1.82, 2.24) is 0 Å². The number of sulfone groups is 1. The van der Waals surface area contributed by atoms with Crippen LogP contribution < -0.4 is 5.73 Å². The minimum absolute atomic E-state index is 0.139. The van der Waals surface area contributed by atoms with Gasteiger partial charge in [0.15, 0.2) is 9.84 Å². The van der Waals surface area contributed by atoms with Gasteiger partial charge in [0.2, 0.25) is 0 Å². The molecular formula is C7H16N2O2S. The second-order valence-corrected chi connectivity index (χ2v) is 5.44. The van der Waals surface area contributed by atoms with Crippen LogP contribution in [-0.4, -0.2) is 32.8 Å². The molecule has 0 heterocycles. The van der Waals surface area contributed by atoms with Gasteiger partial charge in [-0.05, 0) is 5.92 Å². The van der Waals surface area contributed by atoms with Gasteiger partial charge in [-0.1, -0.05) is 13.8 Å². The Labute approximate surface area is 73.8 Å². The van der Waals surface area contributed by atoms with E-state index in [1.165, 1.54) is 0 Å². The fourth-order valence-corrected chi connectivity index (χ4v) is 1.24. The van der Waals surface area contributed by atoms with Crippen LogP contribution in [-0.2, 0) is 9.84 Å². The Bertz CT molecular complexity index is 255. The molecule has 0 fully saturated rings. The molecule has 0 aliphatic carbocycles. The number of hydrogen-bond donors (Lipinski definition) is 1. The van der Waals surface area contributed by atoms with Gasteiger partial charge < -0.3 is 5.73 Å². The van der Waals surface area contributed by atoms with Crippen molar-refractivity contribution in [3.63, 3.8) is 0 Å². The summed E-state index contributed by atoms with van der Waals surface area (Å²) in [6.07, 6.45) is 1.14. The molecule has 0 bridgehead atoms. The molecule has 0 saturated carbocycles. The van der Waals surface area contributed by atoms with Gasteiger partial charge in [-0.25, -0.2) is 8.42 Å². The second-order valence-electron chi connectivity index (χ2n) is 3.30. The lowest BCUT2D eigenvalue weighted by molar-refractivity contribution is 0.605. The highest BCUT2D eigenvalue weighted by Gasteiger charge is 2.04. The average molecular weight is 192 g/mol. The van der Waals surface area contributed by atoms with Gasteiger partial charge in [0.25, 0.3) is 0 Å². The van der Waals surface area contributed by atoms with Crippen LogP contribution in [0.5, 0.6) is 0 Å². The molecule has 0 aromatic carbocycles. The summed E-state index contributed by atoms with van der Waals surface area (Å²) in [4.78, 5) is 3.92. The summed E-state index contributed by atoms with van der Waals surface area (Å²) in [5.41, 5.74) is 5.38. The van der Waals surface area contributed by atoms with Crippen molar-refractivity contribution in [2.24, 2.45) is 16.6 Å². The second kappa shape index (κ2) is 4.45. The number of nitrogens with two attached hydrogens (primary N) is 1. The van der Waals surface area contributed by atoms with Crippen LogP contribution in [0.4, 0.5) is 0 Å². The van der Waals surface area contributed by atoms with E-state index in [4.69, 9.17) is 5.73 Å². The summed E-state index contributed by atoms with van der Waals surface area (Å²) >= 11 is 0. The first-order chi connectivity index (χ1) is 5.31. The van der Waals surface area contributed by atoms with Crippen molar-refractivity contribution in [2.45, 2.75) is 13.8 Å². The maximum Gasteiger partial charge on any atom is 0.154 e.